The number of carbonyl (C=O) groups excluding carboxylic acids is 1. The van der Waals surface area contributed by atoms with E-state index in [4.69, 9.17) is 4.74 Å². The van der Waals surface area contributed by atoms with Crippen molar-refractivity contribution < 1.29 is 13.9 Å². The molecule has 3 rings (SSSR count). The number of ether oxygens (including phenoxy) is 1. The molecule has 0 amide bonds. The smallest absolute Gasteiger partial charge is 0.330 e. The van der Waals surface area contributed by atoms with Gasteiger partial charge in [0.25, 0.3) is 0 Å². The van der Waals surface area contributed by atoms with Crippen molar-refractivity contribution in [2.75, 3.05) is 31.1 Å². The molecule has 1 unspecified atom stereocenters. The first-order chi connectivity index (χ1) is 10.2. The standard InChI is InChI=1S/C13H16FN5O2/c1-2-21-12(20)10-7-15-5-6-18(10)13-16-11-4-3-9(14)8-19(11)17-13/h3-4,8,10,15H,2,5-7H2,1H3. The van der Waals surface area contributed by atoms with Gasteiger partial charge in [0.05, 0.1) is 12.8 Å². The fourth-order valence-electron chi connectivity index (χ4n) is 2.36. The fraction of sp³-hybridized carbons (Fsp3) is 0.462. The molecule has 1 fully saturated rings. The van der Waals surface area contributed by atoms with E-state index in [2.05, 4.69) is 15.4 Å². The molecule has 1 atom stereocenters. The molecule has 0 saturated carbocycles. The van der Waals surface area contributed by atoms with Crippen molar-refractivity contribution in [3.05, 3.63) is 24.1 Å². The number of aromatic nitrogens is 3. The lowest BCUT2D eigenvalue weighted by Gasteiger charge is -2.33. The van der Waals surface area contributed by atoms with Crippen molar-refractivity contribution in [2.24, 2.45) is 0 Å². The molecule has 112 valence electrons. The number of nitrogens with zero attached hydrogens (tertiary/aromatic N) is 4. The van der Waals surface area contributed by atoms with E-state index in [1.165, 1.54) is 16.8 Å². The monoisotopic (exact) mass is 293 g/mol. The predicted molar refractivity (Wildman–Crippen MR) is 73.6 cm³/mol. The third-order valence-corrected chi connectivity index (χ3v) is 3.34. The van der Waals surface area contributed by atoms with Crippen molar-refractivity contribution >= 4 is 17.6 Å². The second-order valence-corrected chi connectivity index (χ2v) is 4.73. The Morgan fingerprint density at radius 1 is 1.57 bits per heavy atom. The van der Waals surface area contributed by atoms with Gasteiger partial charge < -0.3 is 15.0 Å². The van der Waals surface area contributed by atoms with Gasteiger partial charge in [-0.1, -0.05) is 0 Å². The molecule has 0 bridgehead atoms. The van der Waals surface area contributed by atoms with Crippen LogP contribution in [0.5, 0.6) is 0 Å². The van der Waals surface area contributed by atoms with Gasteiger partial charge in [0.1, 0.15) is 11.9 Å². The van der Waals surface area contributed by atoms with E-state index in [0.29, 0.717) is 31.3 Å². The summed E-state index contributed by atoms with van der Waals surface area (Å²) in [5.41, 5.74) is 0.535. The number of hydrogen-bond acceptors (Lipinski definition) is 6. The number of rotatable bonds is 3. The van der Waals surface area contributed by atoms with Crippen molar-refractivity contribution in [3.8, 4) is 0 Å². The van der Waals surface area contributed by atoms with Gasteiger partial charge in [-0.05, 0) is 19.1 Å². The Hall–Kier alpha value is -2.22. The van der Waals surface area contributed by atoms with Gasteiger partial charge in [0, 0.05) is 19.6 Å². The molecule has 7 nitrogen and oxygen atoms in total. The number of halogens is 1. The largest absolute Gasteiger partial charge is 0.464 e. The highest BCUT2D eigenvalue weighted by Gasteiger charge is 2.32. The lowest BCUT2D eigenvalue weighted by Crippen LogP contribution is -2.56. The summed E-state index contributed by atoms with van der Waals surface area (Å²) in [5.74, 6) is -0.295. The highest BCUT2D eigenvalue weighted by Crippen LogP contribution is 2.16. The van der Waals surface area contributed by atoms with Crippen molar-refractivity contribution in [1.29, 1.82) is 0 Å². The summed E-state index contributed by atoms with van der Waals surface area (Å²) in [7, 11) is 0. The van der Waals surface area contributed by atoms with Gasteiger partial charge in [0.15, 0.2) is 5.65 Å². The summed E-state index contributed by atoms with van der Waals surface area (Å²) >= 11 is 0. The summed E-state index contributed by atoms with van der Waals surface area (Å²) in [6.07, 6.45) is 1.26. The average molecular weight is 293 g/mol. The maximum Gasteiger partial charge on any atom is 0.330 e. The van der Waals surface area contributed by atoms with E-state index in [9.17, 15) is 9.18 Å². The van der Waals surface area contributed by atoms with Crippen LogP contribution in [-0.2, 0) is 9.53 Å². The number of nitrogens with one attached hydrogen (secondary N) is 1. The number of fused-ring (bicyclic) bond motifs is 1. The van der Waals surface area contributed by atoms with Crippen LogP contribution in [0, 0.1) is 5.82 Å². The van der Waals surface area contributed by atoms with Gasteiger partial charge in [-0.3, -0.25) is 0 Å². The van der Waals surface area contributed by atoms with E-state index in [0.717, 1.165) is 6.54 Å². The third-order valence-electron chi connectivity index (χ3n) is 3.34. The van der Waals surface area contributed by atoms with E-state index in [1.54, 1.807) is 17.9 Å². The Bertz CT molecular complexity index is 659. The Kier molecular flexibility index (Phi) is 3.70. The molecular weight excluding hydrogens is 277 g/mol. The van der Waals surface area contributed by atoms with Crippen LogP contribution in [0.1, 0.15) is 6.92 Å². The molecule has 2 aromatic rings. The summed E-state index contributed by atoms with van der Waals surface area (Å²) in [6, 6.07) is 2.41. The number of pyridine rings is 1. The first-order valence-electron chi connectivity index (χ1n) is 6.85. The second-order valence-electron chi connectivity index (χ2n) is 4.73. The van der Waals surface area contributed by atoms with Crippen molar-refractivity contribution in [3.63, 3.8) is 0 Å². The molecule has 1 N–H and O–H groups in total. The summed E-state index contributed by atoms with van der Waals surface area (Å²) < 4.78 is 19.7. The minimum Gasteiger partial charge on any atom is -0.464 e. The van der Waals surface area contributed by atoms with E-state index in [-0.39, 0.29) is 11.8 Å². The van der Waals surface area contributed by atoms with Crippen LogP contribution in [0.2, 0.25) is 0 Å². The fourth-order valence-corrected chi connectivity index (χ4v) is 2.36. The van der Waals surface area contributed by atoms with Gasteiger partial charge in [-0.15, -0.1) is 5.10 Å². The molecule has 1 aliphatic heterocycles. The van der Waals surface area contributed by atoms with Gasteiger partial charge in [-0.2, -0.15) is 4.98 Å². The molecule has 8 heteroatoms. The third kappa shape index (κ3) is 2.66. The highest BCUT2D eigenvalue weighted by atomic mass is 19.1. The molecule has 1 saturated heterocycles. The number of hydrogen-bond donors (Lipinski definition) is 1. The average Bonchev–Trinajstić information content (AvgIpc) is 2.90. The predicted octanol–water partition coefficient (Wildman–Crippen LogP) is 0.210. The zero-order valence-electron chi connectivity index (χ0n) is 11.6. The molecule has 1 aliphatic rings. The maximum atomic E-state index is 13.2. The summed E-state index contributed by atoms with van der Waals surface area (Å²) in [5, 5.41) is 7.40. The molecule has 21 heavy (non-hydrogen) atoms. The number of esters is 1. The van der Waals surface area contributed by atoms with Gasteiger partial charge in [0.2, 0.25) is 5.95 Å². The minimum atomic E-state index is -0.471. The van der Waals surface area contributed by atoms with Crippen LogP contribution in [0.15, 0.2) is 18.3 Å². The lowest BCUT2D eigenvalue weighted by molar-refractivity contribution is -0.144. The van der Waals surface area contributed by atoms with Gasteiger partial charge >= 0.3 is 5.97 Å². The van der Waals surface area contributed by atoms with Crippen molar-refractivity contribution in [2.45, 2.75) is 13.0 Å². The number of piperazine rings is 1. The number of carbonyl (C=O) groups is 1. The van der Waals surface area contributed by atoms with Crippen LogP contribution in [0.3, 0.4) is 0 Å². The SMILES string of the molecule is CCOC(=O)C1CNCCN1c1nc2ccc(F)cn2n1. The van der Waals surface area contributed by atoms with Crippen LogP contribution >= 0.6 is 0 Å². The summed E-state index contributed by atoms with van der Waals surface area (Å²) in [6.45, 7) is 3.88. The molecule has 2 aromatic heterocycles. The van der Waals surface area contributed by atoms with E-state index >= 15 is 0 Å². The normalized spacial score (nSPS) is 19.0. The number of anilines is 1. The van der Waals surface area contributed by atoms with Crippen LogP contribution in [-0.4, -0.2) is 52.9 Å². The van der Waals surface area contributed by atoms with Crippen LogP contribution in [0.4, 0.5) is 10.3 Å². The first-order valence-corrected chi connectivity index (χ1v) is 6.85. The van der Waals surface area contributed by atoms with Crippen LogP contribution < -0.4 is 10.2 Å². The van der Waals surface area contributed by atoms with Crippen LogP contribution in [0.25, 0.3) is 5.65 Å². The lowest BCUT2D eigenvalue weighted by atomic mass is 10.2. The maximum absolute atomic E-state index is 13.2. The Morgan fingerprint density at radius 3 is 3.24 bits per heavy atom. The second kappa shape index (κ2) is 5.65. The zero-order valence-corrected chi connectivity index (χ0v) is 11.6. The Morgan fingerprint density at radius 2 is 2.43 bits per heavy atom. The zero-order chi connectivity index (χ0) is 14.8. The minimum absolute atomic E-state index is 0.310. The Balaban J connectivity index is 1.92. The molecule has 0 aliphatic carbocycles. The van der Waals surface area contributed by atoms with Gasteiger partial charge in [-0.25, -0.2) is 13.7 Å². The summed E-state index contributed by atoms with van der Waals surface area (Å²) in [4.78, 5) is 18.2. The molecule has 0 radical (unpaired) electrons. The molecular formula is C13H16FN5O2. The molecule has 0 spiro atoms. The van der Waals surface area contributed by atoms with E-state index < -0.39 is 6.04 Å². The molecule has 3 heterocycles. The quantitative estimate of drug-likeness (QED) is 0.816. The molecule has 0 aromatic carbocycles. The van der Waals surface area contributed by atoms with Crippen molar-refractivity contribution in [1.82, 2.24) is 19.9 Å². The first kappa shape index (κ1) is 13.7. The topological polar surface area (TPSA) is 71.8 Å². The van der Waals surface area contributed by atoms with E-state index in [1.807, 2.05) is 0 Å². The highest BCUT2D eigenvalue weighted by molar-refractivity contribution is 5.80. The Labute approximate surface area is 120 Å².